The summed E-state index contributed by atoms with van der Waals surface area (Å²) in [5.74, 6) is 1.29. The van der Waals surface area contributed by atoms with Gasteiger partial charge in [0, 0.05) is 29.2 Å². The van der Waals surface area contributed by atoms with Gasteiger partial charge < -0.3 is 15.5 Å². The van der Waals surface area contributed by atoms with E-state index in [-0.39, 0.29) is 0 Å². The molecule has 0 amide bonds. The Morgan fingerprint density at radius 3 is 2.60 bits per heavy atom. The van der Waals surface area contributed by atoms with Crippen molar-refractivity contribution in [1.82, 2.24) is 24.8 Å². The number of nitrogens with two attached hydrogens (primary N) is 1. The average Bonchev–Trinajstić information content (AvgIpc) is 3.00. The van der Waals surface area contributed by atoms with E-state index in [0.29, 0.717) is 34.6 Å². The molecule has 0 spiro atoms. The van der Waals surface area contributed by atoms with E-state index in [1.165, 1.54) is 37.4 Å². The van der Waals surface area contributed by atoms with Crippen LogP contribution in [0.3, 0.4) is 0 Å². The van der Waals surface area contributed by atoms with Gasteiger partial charge >= 0.3 is 0 Å². The molecule has 2 aliphatic heterocycles. The Morgan fingerprint density at radius 1 is 1.10 bits per heavy atom. The summed E-state index contributed by atoms with van der Waals surface area (Å²) in [6.45, 7) is 0. The van der Waals surface area contributed by atoms with Crippen LogP contribution >= 0.6 is 23.4 Å². The zero-order chi connectivity index (χ0) is 20.8. The first-order chi connectivity index (χ1) is 14.5. The molecule has 3 aromatic rings. The van der Waals surface area contributed by atoms with Crippen LogP contribution in [0.2, 0.25) is 5.02 Å². The summed E-state index contributed by atoms with van der Waals surface area (Å²) in [6, 6.07) is 7.51. The Balaban J connectivity index is 1.40. The molecule has 156 valence electrons. The number of nitrogens with zero attached hydrogens (tertiary/aromatic N) is 6. The van der Waals surface area contributed by atoms with Crippen molar-refractivity contribution in [3.63, 3.8) is 0 Å². The number of aromatic nitrogens is 4. The number of rotatable bonds is 4. The molecule has 0 aliphatic carbocycles. The van der Waals surface area contributed by atoms with E-state index < -0.39 is 0 Å². The lowest BCUT2D eigenvalue weighted by Gasteiger charge is -2.41. The van der Waals surface area contributed by atoms with Gasteiger partial charge in [-0.1, -0.05) is 23.4 Å². The van der Waals surface area contributed by atoms with Gasteiger partial charge in [0.05, 0.1) is 11.2 Å². The van der Waals surface area contributed by atoms with Gasteiger partial charge in [-0.25, -0.2) is 19.9 Å². The SMILES string of the molecule is CN(C)C1C[C@H]2CC[C@@H](C1)N2c1cnc2nc(Sc3ccnc(N)c3Cl)ccc2n1. The Morgan fingerprint density at radius 2 is 1.87 bits per heavy atom. The Kier molecular flexibility index (Phi) is 5.16. The number of fused-ring (bicyclic) bond motifs is 3. The number of nitrogen functional groups attached to an aromatic ring is 1. The molecule has 0 saturated carbocycles. The van der Waals surface area contributed by atoms with Gasteiger partial charge in [0.15, 0.2) is 5.65 Å². The largest absolute Gasteiger partial charge is 0.382 e. The summed E-state index contributed by atoms with van der Waals surface area (Å²) < 4.78 is 0. The van der Waals surface area contributed by atoms with Crippen LogP contribution in [0.5, 0.6) is 0 Å². The zero-order valence-electron chi connectivity index (χ0n) is 17.0. The molecule has 2 N–H and O–H groups in total. The minimum absolute atomic E-state index is 0.319. The van der Waals surface area contributed by atoms with Crippen molar-refractivity contribution in [2.45, 2.75) is 53.7 Å². The minimum Gasteiger partial charge on any atom is -0.382 e. The topological polar surface area (TPSA) is 84.1 Å². The second kappa shape index (κ2) is 7.83. The third-order valence-corrected chi connectivity index (χ3v) is 7.67. The zero-order valence-corrected chi connectivity index (χ0v) is 18.6. The van der Waals surface area contributed by atoms with Crippen LogP contribution in [0.1, 0.15) is 25.7 Å². The Labute approximate surface area is 185 Å². The third-order valence-electron chi connectivity index (χ3n) is 6.16. The van der Waals surface area contributed by atoms with Crippen molar-refractivity contribution in [2.75, 3.05) is 24.7 Å². The Hall–Kier alpha value is -2.16. The summed E-state index contributed by atoms with van der Waals surface area (Å²) >= 11 is 7.70. The van der Waals surface area contributed by atoms with Crippen LogP contribution in [0.4, 0.5) is 11.6 Å². The monoisotopic (exact) mass is 441 g/mol. The smallest absolute Gasteiger partial charge is 0.179 e. The highest BCUT2D eigenvalue weighted by Gasteiger charge is 2.42. The highest BCUT2D eigenvalue weighted by atomic mass is 35.5. The number of pyridine rings is 2. The van der Waals surface area contributed by atoms with Crippen LogP contribution in [0.25, 0.3) is 11.2 Å². The van der Waals surface area contributed by atoms with Gasteiger partial charge in [0.25, 0.3) is 0 Å². The lowest BCUT2D eigenvalue weighted by molar-refractivity contribution is 0.221. The molecule has 3 aromatic heterocycles. The van der Waals surface area contributed by atoms with Gasteiger partial charge in [-0.15, -0.1) is 0 Å². The first-order valence-electron chi connectivity index (χ1n) is 10.2. The maximum Gasteiger partial charge on any atom is 0.179 e. The highest BCUT2D eigenvalue weighted by Crippen LogP contribution is 2.40. The van der Waals surface area contributed by atoms with E-state index in [9.17, 15) is 0 Å². The molecule has 5 rings (SSSR count). The fraction of sp³-hybridized carbons (Fsp3) is 0.429. The molecule has 1 unspecified atom stereocenters. The van der Waals surface area contributed by atoms with Crippen LogP contribution in [-0.2, 0) is 0 Å². The quantitative estimate of drug-likeness (QED) is 0.653. The van der Waals surface area contributed by atoms with Crippen LogP contribution < -0.4 is 10.6 Å². The number of anilines is 2. The molecule has 30 heavy (non-hydrogen) atoms. The van der Waals surface area contributed by atoms with Crippen molar-refractivity contribution < 1.29 is 0 Å². The molecule has 2 bridgehead atoms. The van der Waals surface area contributed by atoms with Crippen molar-refractivity contribution in [1.29, 1.82) is 0 Å². The van der Waals surface area contributed by atoms with E-state index in [0.717, 1.165) is 21.3 Å². The van der Waals surface area contributed by atoms with E-state index in [2.05, 4.69) is 38.8 Å². The van der Waals surface area contributed by atoms with Crippen molar-refractivity contribution in [3.8, 4) is 0 Å². The lowest BCUT2D eigenvalue weighted by Crippen LogP contribution is -2.49. The predicted molar refractivity (Wildman–Crippen MR) is 121 cm³/mol. The molecule has 2 fully saturated rings. The summed E-state index contributed by atoms with van der Waals surface area (Å²) in [5.41, 5.74) is 7.25. The number of hydrogen-bond donors (Lipinski definition) is 1. The van der Waals surface area contributed by atoms with Crippen molar-refractivity contribution in [2.24, 2.45) is 0 Å². The predicted octanol–water partition coefficient (Wildman–Crippen LogP) is 3.87. The van der Waals surface area contributed by atoms with E-state index >= 15 is 0 Å². The average molecular weight is 442 g/mol. The normalized spacial score (nSPS) is 23.5. The highest BCUT2D eigenvalue weighted by molar-refractivity contribution is 7.99. The molecule has 3 atom stereocenters. The molecule has 0 aromatic carbocycles. The first-order valence-corrected chi connectivity index (χ1v) is 11.4. The third kappa shape index (κ3) is 3.57. The maximum atomic E-state index is 6.26. The number of halogens is 1. The van der Waals surface area contributed by atoms with E-state index in [1.807, 2.05) is 24.4 Å². The molecular weight excluding hydrogens is 418 g/mol. The summed E-state index contributed by atoms with van der Waals surface area (Å²) in [4.78, 5) is 23.9. The second-order valence-corrected chi connectivity index (χ2v) is 9.65. The molecule has 5 heterocycles. The van der Waals surface area contributed by atoms with Crippen LogP contribution in [0, 0.1) is 0 Å². The fourth-order valence-electron chi connectivity index (χ4n) is 4.64. The summed E-state index contributed by atoms with van der Waals surface area (Å²) in [5, 5.41) is 1.24. The fourth-order valence-corrected chi connectivity index (χ4v) is 5.68. The van der Waals surface area contributed by atoms with Crippen molar-refractivity contribution in [3.05, 3.63) is 35.6 Å². The minimum atomic E-state index is 0.319. The van der Waals surface area contributed by atoms with Crippen LogP contribution in [-0.4, -0.2) is 57.1 Å². The molecule has 2 aliphatic rings. The lowest BCUT2D eigenvalue weighted by atomic mass is 9.96. The van der Waals surface area contributed by atoms with Crippen molar-refractivity contribution >= 4 is 46.2 Å². The Bertz CT molecular complexity index is 1080. The van der Waals surface area contributed by atoms with E-state index in [4.69, 9.17) is 22.3 Å². The van der Waals surface area contributed by atoms with Gasteiger partial charge in [0.1, 0.15) is 22.2 Å². The molecule has 2 saturated heterocycles. The first kappa shape index (κ1) is 19.8. The molecule has 7 nitrogen and oxygen atoms in total. The summed E-state index contributed by atoms with van der Waals surface area (Å²) in [7, 11) is 4.37. The van der Waals surface area contributed by atoms with Gasteiger partial charge in [0.2, 0.25) is 0 Å². The maximum absolute atomic E-state index is 6.26. The van der Waals surface area contributed by atoms with E-state index in [1.54, 1.807) is 6.20 Å². The molecule has 0 radical (unpaired) electrons. The number of piperidine rings is 1. The molecular formula is C21H24ClN7S. The second-order valence-electron chi connectivity index (χ2n) is 8.21. The van der Waals surface area contributed by atoms with Gasteiger partial charge in [-0.2, -0.15) is 0 Å². The molecule has 9 heteroatoms. The van der Waals surface area contributed by atoms with Gasteiger partial charge in [-0.3, -0.25) is 0 Å². The number of hydrogen-bond acceptors (Lipinski definition) is 8. The van der Waals surface area contributed by atoms with Crippen LogP contribution in [0.15, 0.2) is 40.5 Å². The van der Waals surface area contributed by atoms with Gasteiger partial charge in [-0.05, 0) is 58.0 Å². The standard InChI is InChI=1S/C21H24ClN7S/c1-28(2)14-9-12-3-4-13(10-14)29(12)17-11-25-21-15(26-17)5-6-18(27-21)30-16-7-8-24-20(23)19(16)22/h5-8,11-14H,3-4,9-10H2,1-2H3,(H2,23,24)/t12-,13+,14?. The summed E-state index contributed by atoms with van der Waals surface area (Å²) in [6.07, 6.45) is 8.36.